The summed E-state index contributed by atoms with van der Waals surface area (Å²) in [5.41, 5.74) is 4.66. The second kappa shape index (κ2) is 10.7. The minimum atomic E-state index is -0.0252. The lowest BCUT2D eigenvalue weighted by atomic mass is 10.0. The van der Waals surface area contributed by atoms with Crippen LogP contribution < -0.4 is 0 Å². The first kappa shape index (κ1) is 25.1. The van der Waals surface area contributed by atoms with Crippen LogP contribution in [0.15, 0.2) is 35.8 Å². The molecule has 3 aromatic rings. The molecule has 0 N–H and O–H groups in total. The molecule has 0 aliphatic carbocycles. The minimum absolute atomic E-state index is 0.00521. The highest BCUT2D eigenvalue weighted by Gasteiger charge is 2.32. The number of unbranched alkanes of at least 4 members (excludes halogenated alkanes) is 1. The molecular formula is C27H35N5O2S. The van der Waals surface area contributed by atoms with Gasteiger partial charge in [0.15, 0.2) is 0 Å². The molecule has 35 heavy (non-hydrogen) atoms. The van der Waals surface area contributed by atoms with Gasteiger partial charge in [-0.15, -0.1) is 11.3 Å². The van der Waals surface area contributed by atoms with Gasteiger partial charge in [0.1, 0.15) is 0 Å². The van der Waals surface area contributed by atoms with E-state index in [0.29, 0.717) is 31.6 Å². The Hall–Kier alpha value is -3.00. The van der Waals surface area contributed by atoms with Crippen molar-refractivity contribution in [1.82, 2.24) is 24.6 Å². The summed E-state index contributed by atoms with van der Waals surface area (Å²) in [6, 6.07) is 8.31. The molecule has 7 nitrogen and oxygen atoms in total. The third-order valence-electron chi connectivity index (χ3n) is 6.58. The van der Waals surface area contributed by atoms with Crippen LogP contribution in [0.5, 0.6) is 0 Å². The van der Waals surface area contributed by atoms with Crippen LogP contribution in [0, 0.1) is 6.92 Å². The van der Waals surface area contributed by atoms with E-state index in [-0.39, 0.29) is 23.8 Å². The smallest absolute Gasteiger partial charge is 0.257 e. The number of thiazole rings is 1. The van der Waals surface area contributed by atoms with Gasteiger partial charge in [-0.25, -0.2) is 9.67 Å². The Morgan fingerprint density at radius 3 is 2.57 bits per heavy atom. The lowest BCUT2D eigenvalue weighted by Gasteiger charge is -2.40. The Labute approximate surface area is 211 Å². The second-order valence-electron chi connectivity index (χ2n) is 9.68. The lowest BCUT2D eigenvalue weighted by Crippen LogP contribution is -2.55. The van der Waals surface area contributed by atoms with Crippen molar-refractivity contribution in [1.29, 1.82) is 0 Å². The van der Waals surface area contributed by atoms with Gasteiger partial charge >= 0.3 is 0 Å². The van der Waals surface area contributed by atoms with Gasteiger partial charge < -0.3 is 9.80 Å². The van der Waals surface area contributed by atoms with Gasteiger partial charge in [-0.05, 0) is 26.2 Å². The molecule has 186 valence electrons. The van der Waals surface area contributed by atoms with Crippen molar-refractivity contribution in [3.05, 3.63) is 52.7 Å². The minimum Gasteiger partial charge on any atom is -0.336 e. The number of carbonyl (C=O) groups excluding carboxylic acids is 2. The van der Waals surface area contributed by atoms with Crippen LogP contribution >= 0.6 is 11.3 Å². The Morgan fingerprint density at radius 1 is 1.17 bits per heavy atom. The molecule has 2 aromatic heterocycles. The fraction of sp³-hybridized carbons (Fsp3) is 0.481. The van der Waals surface area contributed by atoms with E-state index in [1.807, 2.05) is 26.8 Å². The number of rotatable bonds is 7. The lowest BCUT2D eigenvalue weighted by molar-refractivity contribution is -0.135. The van der Waals surface area contributed by atoms with Gasteiger partial charge in [-0.3, -0.25) is 9.59 Å². The van der Waals surface area contributed by atoms with Crippen LogP contribution in [-0.2, 0) is 4.79 Å². The van der Waals surface area contributed by atoms with E-state index >= 15 is 0 Å². The van der Waals surface area contributed by atoms with Gasteiger partial charge in [0.2, 0.25) is 11.0 Å². The Morgan fingerprint density at radius 2 is 1.91 bits per heavy atom. The summed E-state index contributed by atoms with van der Waals surface area (Å²) in [7, 11) is 0. The molecule has 0 spiro atoms. The zero-order chi connectivity index (χ0) is 25.1. The third-order valence-corrected chi connectivity index (χ3v) is 7.40. The van der Waals surface area contributed by atoms with Crippen LogP contribution in [0.3, 0.4) is 0 Å². The van der Waals surface area contributed by atoms with Gasteiger partial charge in [0.05, 0.1) is 23.1 Å². The number of nitrogens with zero attached hydrogens (tertiary/aromatic N) is 5. The Kier molecular flexibility index (Phi) is 7.69. The zero-order valence-corrected chi connectivity index (χ0v) is 22.1. The van der Waals surface area contributed by atoms with Gasteiger partial charge in [-0.1, -0.05) is 57.0 Å². The fourth-order valence-electron chi connectivity index (χ4n) is 4.60. The normalized spacial score (nSPS) is 16.2. The molecule has 3 heterocycles. The summed E-state index contributed by atoms with van der Waals surface area (Å²) < 4.78 is 1.81. The molecule has 1 aliphatic rings. The monoisotopic (exact) mass is 493 g/mol. The van der Waals surface area contributed by atoms with E-state index in [0.717, 1.165) is 34.9 Å². The fourth-order valence-corrected chi connectivity index (χ4v) is 5.41. The van der Waals surface area contributed by atoms with Crippen molar-refractivity contribution in [3.8, 4) is 16.4 Å². The van der Waals surface area contributed by atoms with Crippen molar-refractivity contribution in [3.63, 3.8) is 0 Å². The van der Waals surface area contributed by atoms with Crippen molar-refractivity contribution in [2.75, 3.05) is 19.6 Å². The molecule has 1 aliphatic heterocycles. The van der Waals surface area contributed by atoms with Crippen LogP contribution in [0.1, 0.15) is 74.5 Å². The number of benzene rings is 1. The summed E-state index contributed by atoms with van der Waals surface area (Å²) in [6.07, 6.45) is 4.17. The van der Waals surface area contributed by atoms with E-state index in [9.17, 15) is 9.59 Å². The molecule has 1 unspecified atom stereocenters. The van der Waals surface area contributed by atoms with E-state index in [1.54, 1.807) is 6.20 Å². The summed E-state index contributed by atoms with van der Waals surface area (Å²) in [5, 5.41) is 7.38. The number of hydrogen-bond donors (Lipinski definition) is 0. The van der Waals surface area contributed by atoms with Gasteiger partial charge in [0, 0.05) is 43.0 Å². The average Bonchev–Trinajstić information content (AvgIpc) is 3.50. The maximum Gasteiger partial charge on any atom is 0.257 e. The highest BCUT2D eigenvalue weighted by Crippen LogP contribution is 2.29. The van der Waals surface area contributed by atoms with Crippen LogP contribution in [0.25, 0.3) is 16.4 Å². The SMILES string of the molecule is CCCCC(=O)N1CCN(C(=O)c2cnn(-c3nc(-c4ccc(C)cc4)cs3)c2C(C)C)CC1C. The topological polar surface area (TPSA) is 71.3 Å². The maximum atomic E-state index is 13.6. The van der Waals surface area contributed by atoms with Crippen molar-refractivity contribution < 1.29 is 9.59 Å². The van der Waals surface area contributed by atoms with Crippen molar-refractivity contribution >= 4 is 23.2 Å². The standard InChI is InChI=1S/C27H35N5O2S/c1-6-7-8-24(33)31-14-13-30(16-20(31)5)26(34)22-15-28-32(25(22)18(2)3)27-29-23(17-35-27)21-11-9-19(4)10-12-21/h9-12,15,17-18,20H,6-8,13-14,16H2,1-5H3. The van der Waals surface area contributed by atoms with Crippen LogP contribution in [0.2, 0.25) is 0 Å². The zero-order valence-electron chi connectivity index (χ0n) is 21.3. The number of carbonyl (C=O) groups is 2. The number of amides is 2. The molecule has 1 fully saturated rings. The average molecular weight is 494 g/mol. The summed E-state index contributed by atoms with van der Waals surface area (Å²) >= 11 is 1.52. The molecule has 0 radical (unpaired) electrons. The van der Waals surface area contributed by atoms with E-state index in [1.165, 1.54) is 16.9 Å². The molecule has 2 amide bonds. The quantitative estimate of drug-likeness (QED) is 0.448. The van der Waals surface area contributed by atoms with E-state index < -0.39 is 0 Å². The van der Waals surface area contributed by atoms with Crippen LogP contribution in [-0.4, -0.2) is 62.1 Å². The number of piperazine rings is 1. The van der Waals surface area contributed by atoms with Crippen molar-refractivity contribution in [2.24, 2.45) is 0 Å². The number of aromatic nitrogens is 3. The first-order chi connectivity index (χ1) is 16.8. The first-order valence-corrected chi connectivity index (χ1v) is 13.4. The molecule has 1 saturated heterocycles. The first-order valence-electron chi connectivity index (χ1n) is 12.5. The maximum absolute atomic E-state index is 13.6. The van der Waals surface area contributed by atoms with Gasteiger partial charge in [-0.2, -0.15) is 5.10 Å². The van der Waals surface area contributed by atoms with Crippen LogP contribution in [0.4, 0.5) is 0 Å². The highest BCUT2D eigenvalue weighted by atomic mass is 32.1. The molecule has 0 saturated carbocycles. The van der Waals surface area contributed by atoms with Crippen molar-refractivity contribution in [2.45, 2.75) is 65.8 Å². The predicted octanol–water partition coefficient (Wildman–Crippen LogP) is 5.29. The Balaban J connectivity index is 1.54. The van der Waals surface area contributed by atoms with E-state index in [2.05, 4.69) is 57.1 Å². The summed E-state index contributed by atoms with van der Waals surface area (Å²) in [5.74, 6) is 0.260. The van der Waals surface area contributed by atoms with Gasteiger partial charge in [0.25, 0.3) is 5.91 Å². The summed E-state index contributed by atoms with van der Waals surface area (Å²) in [6.45, 7) is 12.0. The molecule has 4 rings (SSSR count). The number of aryl methyl sites for hydroxylation is 1. The molecule has 0 bridgehead atoms. The Bertz CT molecular complexity index is 1180. The largest absolute Gasteiger partial charge is 0.336 e. The second-order valence-corrected chi connectivity index (χ2v) is 10.5. The van der Waals surface area contributed by atoms with E-state index in [4.69, 9.17) is 4.98 Å². The number of hydrogen-bond acceptors (Lipinski definition) is 5. The summed E-state index contributed by atoms with van der Waals surface area (Å²) in [4.78, 5) is 34.7. The molecule has 1 aromatic carbocycles. The molecule has 1 atom stereocenters. The predicted molar refractivity (Wildman–Crippen MR) is 140 cm³/mol. The molecular weight excluding hydrogens is 458 g/mol. The highest BCUT2D eigenvalue weighted by molar-refractivity contribution is 7.12. The third kappa shape index (κ3) is 5.32. The molecule has 8 heteroatoms.